The zero-order valence-electron chi connectivity index (χ0n) is 13.9. The molecule has 0 aliphatic heterocycles. The van der Waals surface area contributed by atoms with Gasteiger partial charge in [0.05, 0.1) is 4.90 Å². The number of aryl methyl sites for hydroxylation is 2. The first-order valence-electron chi connectivity index (χ1n) is 7.48. The van der Waals surface area contributed by atoms with Gasteiger partial charge in [0, 0.05) is 11.1 Å². The average molecular weight is 375 g/mol. The predicted octanol–water partition coefficient (Wildman–Crippen LogP) is 2.61. The van der Waals surface area contributed by atoms with Crippen molar-refractivity contribution in [2.24, 2.45) is 0 Å². The summed E-state index contributed by atoms with van der Waals surface area (Å²) in [4.78, 5) is 16.0. The Morgan fingerprint density at radius 1 is 1.12 bits per heavy atom. The van der Waals surface area contributed by atoms with Gasteiger partial charge < -0.3 is 4.52 Å². The van der Waals surface area contributed by atoms with E-state index < -0.39 is 21.7 Å². The number of benzene rings is 2. The number of amides is 1. The van der Waals surface area contributed by atoms with Gasteiger partial charge in [0.25, 0.3) is 15.9 Å². The molecular weight excluding hydrogens is 361 g/mol. The molecule has 3 rings (SSSR count). The van der Waals surface area contributed by atoms with Crippen molar-refractivity contribution < 1.29 is 22.1 Å². The number of rotatable bonds is 4. The Bertz CT molecular complexity index is 1040. The molecule has 3 aromatic rings. The Kier molecular flexibility index (Phi) is 4.56. The number of hydrogen-bond acceptors (Lipinski definition) is 6. The fourth-order valence-electron chi connectivity index (χ4n) is 2.37. The number of aromatic nitrogens is 2. The van der Waals surface area contributed by atoms with Crippen molar-refractivity contribution in [1.82, 2.24) is 14.9 Å². The van der Waals surface area contributed by atoms with Gasteiger partial charge in [-0.1, -0.05) is 17.3 Å². The highest BCUT2D eigenvalue weighted by Gasteiger charge is 2.21. The second kappa shape index (κ2) is 6.68. The van der Waals surface area contributed by atoms with Crippen LogP contribution in [0.4, 0.5) is 4.39 Å². The number of hydrogen-bond donors (Lipinski definition) is 1. The molecule has 0 fully saturated rings. The topological polar surface area (TPSA) is 102 Å². The SMILES string of the molecule is Cc1cc(S(=O)(=O)NC(=O)c2ccc(-c3ncon3)cc2)cc(C)c1F. The molecule has 0 radical (unpaired) electrons. The number of halogens is 1. The Hall–Kier alpha value is -3.07. The Morgan fingerprint density at radius 3 is 2.27 bits per heavy atom. The third-order valence-corrected chi connectivity index (χ3v) is 5.02. The predicted molar refractivity (Wildman–Crippen MR) is 90.3 cm³/mol. The average Bonchev–Trinajstić information content (AvgIpc) is 3.13. The molecule has 1 N–H and O–H groups in total. The monoisotopic (exact) mass is 375 g/mol. The highest BCUT2D eigenvalue weighted by atomic mass is 32.2. The van der Waals surface area contributed by atoms with Crippen LogP contribution in [0, 0.1) is 19.7 Å². The van der Waals surface area contributed by atoms with Crippen LogP contribution in [0.1, 0.15) is 21.5 Å². The normalized spacial score (nSPS) is 11.3. The zero-order chi connectivity index (χ0) is 18.9. The highest BCUT2D eigenvalue weighted by Crippen LogP contribution is 2.19. The van der Waals surface area contributed by atoms with Crippen LogP contribution in [0.25, 0.3) is 11.4 Å². The van der Waals surface area contributed by atoms with E-state index in [-0.39, 0.29) is 21.6 Å². The molecule has 0 aliphatic rings. The van der Waals surface area contributed by atoms with E-state index in [1.165, 1.54) is 44.5 Å². The molecule has 134 valence electrons. The molecule has 1 amide bonds. The van der Waals surface area contributed by atoms with Gasteiger partial charge in [0.1, 0.15) is 5.82 Å². The van der Waals surface area contributed by atoms with E-state index in [1.54, 1.807) is 12.1 Å². The van der Waals surface area contributed by atoms with E-state index in [9.17, 15) is 17.6 Å². The first kappa shape index (κ1) is 17.7. The van der Waals surface area contributed by atoms with Gasteiger partial charge >= 0.3 is 0 Å². The van der Waals surface area contributed by atoms with Crippen LogP contribution in [0.15, 0.2) is 52.2 Å². The summed E-state index contributed by atoms with van der Waals surface area (Å²) in [5.74, 6) is -0.932. The smallest absolute Gasteiger partial charge is 0.264 e. The molecule has 0 aliphatic carbocycles. The van der Waals surface area contributed by atoms with Crippen molar-refractivity contribution in [3.8, 4) is 11.4 Å². The second-order valence-corrected chi connectivity index (χ2v) is 7.32. The number of sulfonamides is 1. The van der Waals surface area contributed by atoms with Gasteiger partial charge in [-0.3, -0.25) is 4.79 Å². The van der Waals surface area contributed by atoms with Gasteiger partial charge in [0.15, 0.2) is 0 Å². The minimum atomic E-state index is -4.13. The van der Waals surface area contributed by atoms with E-state index in [0.717, 1.165) is 0 Å². The minimum absolute atomic E-state index is 0.136. The van der Waals surface area contributed by atoms with Gasteiger partial charge in [-0.15, -0.1) is 0 Å². The van der Waals surface area contributed by atoms with Crippen LogP contribution >= 0.6 is 0 Å². The molecule has 26 heavy (non-hydrogen) atoms. The molecule has 9 heteroatoms. The molecule has 0 atom stereocenters. The summed E-state index contributed by atoms with van der Waals surface area (Å²) in [6, 6.07) is 8.38. The maximum Gasteiger partial charge on any atom is 0.264 e. The van der Waals surface area contributed by atoms with Crippen molar-refractivity contribution >= 4 is 15.9 Å². The van der Waals surface area contributed by atoms with Crippen LogP contribution in [0.5, 0.6) is 0 Å². The highest BCUT2D eigenvalue weighted by molar-refractivity contribution is 7.90. The summed E-state index contributed by atoms with van der Waals surface area (Å²) in [7, 11) is -4.13. The molecule has 1 aromatic heterocycles. The summed E-state index contributed by atoms with van der Waals surface area (Å²) >= 11 is 0. The summed E-state index contributed by atoms with van der Waals surface area (Å²) in [5.41, 5.74) is 1.11. The lowest BCUT2D eigenvalue weighted by Gasteiger charge is -2.10. The second-order valence-electron chi connectivity index (χ2n) is 5.64. The van der Waals surface area contributed by atoms with Crippen LogP contribution in [0.3, 0.4) is 0 Å². The van der Waals surface area contributed by atoms with E-state index in [1.807, 2.05) is 4.72 Å². The van der Waals surface area contributed by atoms with Crippen LogP contribution in [0.2, 0.25) is 0 Å². The number of carbonyl (C=O) groups excluding carboxylic acids is 1. The first-order chi connectivity index (χ1) is 12.3. The first-order valence-corrected chi connectivity index (χ1v) is 8.97. The molecule has 7 nitrogen and oxygen atoms in total. The van der Waals surface area contributed by atoms with E-state index in [4.69, 9.17) is 0 Å². The van der Waals surface area contributed by atoms with E-state index >= 15 is 0 Å². The summed E-state index contributed by atoms with van der Waals surface area (Å²) < 4.78 is 45.1. The number of carbonyl (C=O) groups is 1. The van der Waals surface area contributed by atoms with Crippen LogP contribution in [-0.4, -0.2) is 24.5 Å². The molecular formula is C17H14FN3O4S. The van der Waals surface area contributed by atoms with Crippen molar-refractivity contribution in [1.29, 1.82) is 0 Å². The quantitative estimate of drug-likeness (QED) is 0.752. The lowest BCUT2D eigenvalue weighted by atomic mass is 10.1. The molecule has 1 heterocycles. The maximum atomic E-state index is 13.7. The standard InChI is InChI=1S/C17H14FN3O4S/c1-10-7-14(8-11(2)15(10)18)26(23,24)21-17(22)13-5-3-12(4-6-13)16-19-9-25-20-16/h3-9H,1-2H3,(H,21,22). The molecule has 2 aromatic carbocycles. The van der Waals surface area contributed by atoms with E-state index in [0.29, 0.717) is 11.4 Å². The van der Waals surface area contributed by atoms with Gasteiger partial charge in [-0.25, -0.2) is 17.5 Å². The molecule has 0 bridgehead atoms. The Labute approximate surface area is 148 Å². The van der Waals surface area contributed by atoms with Crippen molar-refractivity contribution in [2.45, 2.75) is 18.7 Å². The third-order valence-electron chi connectivity index (χ3n) is 3.71. The Morgan fingerprint density at radius 2 is 1.73 bits per heavy atom. The Balaban J connectivity index is 1.82. The lowest BCUT2D eigenvalue weighted by molar-refractivity contribution is 0.0981. The summed E-state index contributed by atoms with van der Waals surface area (Å²) in [5, 5.41) is 3.67. The summed E-state index contributed by atoms with van der Waals surface area (Å²) in [6.45, 7) is 2.92. The zero-order valence-corrected chi connectivity index (χ0v) is 14.7. The largest absolute Gasteiger partial charge is 0.342 e. The number of nitrogens with one attached hydrogen (secondary N) is 1. The fourth-order valence-corrected chi connectivity index (χ4v) is 3.51. The van der Waals surface area contributed by atoms with Gasteiger partial charge in [0.2, 0.25) is 12.2 Å². The summed E-state index contributed by atoms with van der Waals surface area (Å²) in [6.07, 6.45) is 1.18. The molecule has 0 unspecified atom stereocenters. The molecule has 0 spiro atoms. The lowest BCUT2D eigenvalue weighted by Crippen LogP contribution is -2.30. The van der Waals surface area contributed by atoms with Crippen LogP contribution in [-0.2, 0) is 10.0 Å². The minimum Gasteiger partial charge on any atom is -0.342 e. The number of nitrogens with zero attached hydrogens (tertiary/aromatic N) is 2. The maximum absolute atomic E-state index is 13.7. The van der Waals surface area contributed by atoms with Crippen LogP contribution < -0.4 is 4.72 Å². The fraction of sp³-hybridized carbons (Fsp3) is 0.118. The van der Waals surface area contributed by atoms with Crippen molar-refractivity contribution in [3.05, 3.63) is 65.3 Å². The van der Waals surface area contributed by atoms with Crippen molar-refractivity contribution in [3.63, 3.8) is 0 Å². The van der Waals surface area contributed by atoms with Crippen molar-refractivity contribution in [2.75, 3.05) is 0 Å². The molecule has 0 saturated heterocycles. The molecule has 0 saturated carbocycles. The van der Waals surface area contributed by atoms with E-state index in [2.05, 4.69) is 14.7 Å². The van der Waals surface area contributed by atoms with Gasteiger partial charge in [-0.2, -0.15) is 4.98 Å². The third kappa shape index (κ3) is 3.47. The van der Waals surface area contributed by atoms with Gasteiger partial charge in [-0.05, 0) is 49.2 Å².